The van der Waals surface area contributed by atoms with E-state index in [0.29, 0.717) is 0 Å². The van der Waals surface area contributed by atoms with Gasteiger partial charge in [0, 0.05) is 41.3 Å². The van der Waals surface area contributed by atoms with E-state index >= 15 is 0 Å². The molecule has 4 aromatic rings. The molecular weight excluding hydrogens is 268 g/mol. The van der Waals surface area contributed by atoms with Gasteiger partial charge in [0.1, 0.15) is 5.69 Å². The van der Waals surface area contributed by atoms with Crippen LogP contribution in [0.3, 0.4) is 0 Å². The Morgan fingerprint density at radius 2 is 1.59 bits per heavy atom. The number of benzene rings is 2. The van der Waals surface area contributed by atoms with Crippen molar-refractivity contribution in [3.63, 3.8) is 0 Å². The monoisotopic (exact) mass is 283 g/mol. The fraction of sp³-hybridized carbons (Fsp3) is 0.100. The molecule has 0 saturated heterocycles. The third-order valence-corrected chi connectivity index (χ3v) is 4.59. The minimum atomic E-state index is 1.09. The van der Waals surface area contributed by atoms with Crippen LogP contribution in [0, 0.1) is 13.8 Å². The number of aryl methyl sites for hydroxylation is 2. The van der Waals surface area contributed by atoms with Crippen molar-refractivity contribution in [2.45, 2.75) is 13.8 Å². The van der Waals surface area contributed by atoms with E-state index in [1.54, 1.807) is 0 Å². The van der Waals surface area contributed by atoms with Crippen LogP contribution in [0.15, 0.2) is 54.6 Å². The molecule has 22 heavy (non-hydrogen) atoms. The van der Waals surface area contributed by atoms with Crippen LogP contribution >= 0.6 is 0 Å². The van der Waals surface area contributed by atoms with Crippen LogP contribution < -0.4 is 4.52 Å². The van der Waals surface area contributed by atoms with E-state index < -0.39 is 0 Å². The summed E-state index contributed by atoms with van der Waals surface area (Å²) in [6.07, 6.45) is 0. The average Bonchev–Trinajstić information content (AvgIpc) is 2.82. The predicted molar refractivity (Wildman–Crippen MR) is 88.8 cm³/mol. The van der Waals surface area contributed by atoms with Gasteiger partial charge in [-0.2, -0.15) is 0 Å². The molecule has 0 amide bonds. The summed E-state index contributed by atoms with van der Waals surface area (Å²) in [5.41, 5.74) is 8.48. The van der Waals surface area contributed by atoms with E-state index in [-0.39, 0.29) is 0 Å². The molecule has 0 N–H and O–H groups in total. The minimum Gasteiger partial charge on any atom is -0.0610 e. The minimum absolute atomic E-state index is 1.09. The van der Waals surface area contributed by atoms with Crippen molar-refractivity contribution < 1.29 is 4.52 Å². The fourth-order valence-electron chi connectivity index (χ4n) is 3.71. The van der Waals surface area contributed by atoms with Crippen molar-refractivity contribution in [3.05, 3.63) is 65.9 Å². The van der Waals surface area contributed by atoms with E-state index in [1.165, 1.54) is 38.7 Å². The highest BCUT2D eigenvalue weighted by molar-refractivity contribution is 6.14. The normalized spacial score (nSPS) is 12.1. The van der Waals surface area contributed by atoms with Gasteiger partial charge < -0.3 is 0 Å². The first-order chi connectivity index (χ1) is 10.7. The summed E-state index contributed by atoms with van der Waals surface area (Å²) in [5, 5.41) is 7.57. The van der Waals surface area contributed by atoms with Gasteiger partial charge >= 0.3 is 0 Å². The molecule has 1 aliphatic carbocycles. The van der Waals surface area contributed by atoms with Crippen LogP contribution in [0.1, 0.15) is 11.3 Å². The second-order valence-electron chi connectivity index (χ2n) is 6.13. The third kappa shape index (κ3) is 1.39. The molecule has 0 spiro atoms. The van der Waals surface area contributed by atoms with E-state index in [1.807, 2.05) is 0 Å². The quantitative estimate of drug-likeness (QED) is 0.388. The molecule has 104 valence electrons. The molecule has 0 fully saturated rings. The number of nitrogens with zero attached hydrogens (tertiary/aromatic N) is 2. The first-order valence-electron chi connectivity index (χ1n) is 7.59. The first-order valence-corrected chi connectivity index (χ1v) is 7.59. The van der Waals surface area contributed by atoms with Gasteiger partial charge in [-0.1, -0.05) is 36.4 Å². The van der Waals surface area contributed by atoms with Gasteiger partial charge in [-0.15, -0.1) is 0 Å². The Bertz CT molecular complexity index is 1090. The van der Waals surface area contributed by atoms with Crippen LogP contribution in [0.5, 0.6) is 0 Å². The van der Waals surface area contributed by atoms with Gasteiger partial charge in [0.15, 0.2) is 0 Å². The predicted octanol–water partition coefficient (Wildman–Crippen LogP) is 4.24. The number of pyridine rings is 1. The fourth-order valence-corrected chi connectivity index (χ4v) is 3.71. The molecule has 0 atom stereocenters. The molecule has 0 unspecified atom stereocenters. The topological polar surface area (TPSA) is 17.0 Å². The Morgan fingerprint density at radius 1 is 0.818 bits per heavy atom. The van der Waals surface area contributed by atoms with Crippen LogP contribution in [-0.2, 0) is 0 Å². The van der Waals surface area contributed by atoms with Gasteiger partial charge in [-0.05, 0) is 33.3 Å². The zero-order valence-electron chi connectivity index (χ0n) is 12.6. The van der Waals surface area contributed by atoms with E-state index in [4.69, 9.17) is 5.10 Å². The third-order valence-electron chi connectivity index (χ3n) is 4.59. The first kappa shape index (κ1) is 11.9. The highest BCUT2D eigenvalue weighted by Gasteiger charge is 2.26. The van der Waals surface area contributed by atoms with Crippen molar-refractivity contribution in [1.29, 1.82) is 0 Å². The molecule has 2 heterocycles. The smallest absolute Gasteiger partial charge is 0.0610 e. The number of hydrogen-bond acceptors (Lipinski definition) is 1. The number of fused-ring (bicyclic) bond motifs is 4. The summed E-state index contributed by atoms with van der Waals surface area (Å²) < 4.78 is 2.05. The largest absolute Gasteiger partial charge is 0.239 e. The molecular formula is C20H15N2+. The van der Waals surface area contributed by atoms with Crippen LogP contribution in [-0.4, -0.2) is 5.10 Å². The number of aromatic nitrogens is 2. The van der Waals surface area contributed by atoms with Crippen molar-refractivity contribution in [3.8, 4) is 22.4 Å². The van der Waals surface area contributed by atoms with Crippen LogP contribution in [0.2, 0.25) is 0 Å². The summed E-state index contributed by atoms with van der Waals surface area (Å²) in [6, 6.07) is 19.6. The van der Waals surface area contributed by atoms with E-state index in [2.05, 4.69) is 73.0 Å². The maximum absolute atomic E-state index is 4.95. The van der Waals surface area contributed by atoms with Gasteiger partial charge in [-0.3, -0.25) is 0 Å². The average molecular weight is 283 g/mol. The summed E-state index contributed by atoms with van der Waals surface area (Å²) in [4.78, 5) is 0. The second kappa shape index (κ2) is 3.92. The lowest BCUT2D eigenvalue weighted by atomic mass is 10.0. The molecule has 0 saturated carbocycles. The van der Waals surface area contributed by atoms with Crippen LogP contribution in [0.4, 0.5) is 0 Å². The Kier molecular flexibility index (Phi) is 2.11. The van der Waals surface area contributed by atoms with Crippen molar-refractivity contribution in [2.75, 3.05) is 0 Å². The lowest BCUT2D eigenvalue weighted by molar-refractivity contribution is -0.586. The highest BCUT2D eigenvalue weighted by atomic mass is 15.2. The summed E-state index contributed by atoms with van der Waals surface area (Å²) >= 11 is 0. The van der Waals surface area contributed by atoms with Gasteiger partial charge in [0.05, 0.1) is 0 Å². The van der Waals surface area contributed by atoms with Crippen molar-refractivity contribution in [1.82, 2.24) is 5.10 Å². The van der Waals surface area contributed by atoms with Gasteiger partial charge in [0.2, 0.25) is 11.2 Å². The second-order valence-corrected chi connectivity index (χ2v) is 6.13. The molecule has 2 nitrogen and oxygen atoms in total. The summed E-state index contributed by atoms with van der Waals surface area (Å²) in [6.45, 7) is 4.25. The van der Waals surface area contributed by atoms with Gasteiger partial charge in [-0.25, -0.2) is 0 Å². The molecule has 0 bridgehead atoms. The zero-order chi connectivity index (χ0) is 14.8. The lowest BCUT2D eigenvalue weighted by Gasteiger charge is -2.01. The van der Waals surface area contributed by atoms with Crippen molar-refractivity contribution in [2.24, 2.45) is 0 Å². The molecule has 0 aliphatic heterocycles. The molecule has 5 rings (SSSR count). The Balaban J connectivity index is 1.99. The number of hydrogen-bond donors (Lipinski definition) is 0. The standard InChI is InChI=1S/C20H15N2/c1-12-9-13(2)22-15(10-12)11-18-16-7-3-5-14-6-4-8-17(19(14)16)20(18)21-22/h3-11H,1-2H3/q+1. The molecule has 2 heteroatoms. The molecule has 2 aromatic heterocycles. The SMILES string of the molecule is Cc1cc(C)[n+]2nc3c(cc2c1)-c1cccc2cccc-3c12. The molecule has 2 aromatic carbocycles. The Hall–Kier alpha value is -2.74. The summed E-state index contributed by atoms with van der Waals surface area (Å²) in [5.74, 6) is 0. The summed E-state index contributed by atoms with van der Waals surface area (Å²) in [7, 11) is 0. The maximum atomic E-state index is 4.95. The lowest BCUT2D eigenvalue weighted by Crippen LogP contribution is -2.31. The highest BCUT2D eigenvalue weighted by Crippen LogP contribution is 2.45. The molecule has 1 aliphatic rings. The Labute approximate surface area is 128 Å². The van der Waals surface area contributed by atoms with Crippen LogP contribution in [0.25, 0.3) is 38.7 Å². The van der Waals surface area contributed by atoms with Crippen molar-refractivity contribution >= 4 is 16.3 Å². The zero-order valence-corrected chi connectivity index (χ0v) is 12.6. The van der Waals surface area contributed by atoms with E-state index in [0.717, 1.165) is 11.2 Å². The van der Waals surface area contributed by atoms with Gasteiger partial charge in [0.25, 0.3) is 0 Å². The Morgan fingerprint density at radius 3 is 2.41 bits per heavy atom. The maximum Gasteiger partial charge on any atom is 0.239 e. The molecule has 0 radical (unpaired) electrons. The van der Waals surface area contributed by atoms with E-state index in [9.17, 15) is 0 Å². The number of rotatable bonds is 0.